The molecule has 1 fully saturated rings. The van der Waals surface area contributed by atoms with E-state index in [0.29, 0.717) is 0 Å². The Hall–Kier alpha value is -0.370. The average molecular weight is 127 g/mol. The van der Waals surface area contributed by atoms with Crippen molar-refractivity contribution < 1.29 is 4.79 Å². The molecule has 0 aromatic carbocycles. The van der Waals surface area contributed by atoms with E-state index in [-0.39, 0.29) is 5.92 Å². The third kappa shape index (κ3) is 1.79. The van der Waals surface area contributed by atoms with Crippen molar-refractivity contribution in [3.63, 3.8) is 0 Å². The van der Waals surface area contributed by atoms with Crippen LogP contribution in [0.2, 0.25) is 0 Å². The Labute approximate surface area is 55.6 Å². The van der Waals surface area contributed by atoms with Crippen LogP contribution in [-0.2, 0) is 4.79 Å². The molecule has 1 saturated heterocycles. The van der Waals surface area contributed by atoms with Gasteiger partial charge in [-0.3, -0.25) is 0 Å². The first kappa shape index (κ1) is 6.75. The summed E-state index contributed by atoms with van der Waals surface area (Å²) in [6.07, 6.45) is 2.11. The summed E-state index contributed by atoms with van der Waals surface area (Å²) in [5.74, 6) is 1.03. The van der Waals surface area contributed by atoms with Crippen LogP contribution in [-0.4, -0.2) is 19.4 Å². The Kier molecular flexibility index (Phi) is 2.22. The van der Waals surface area contributed by atoms with Gasteiger partial charge in [0, 0.05) is 5.92 Å². The highest BCUT2D eigenvalue weighted by atomic mass is 16.1. The van der Waals surface area contributed by atoms with Crippen LogP contribution in [0.1, 0.15) is 13.3 Å². The molecule has 2 heteroatoms. The fraction of sp³-hybridized carbons (Fsp3) is 0.857. The van der Waals surface area contributed by atoms with Crippen LogP contribution in [0.25, 0.3) is 0 Å². The number of carbonyl (C=O) groups excluding carboxylic acids is 1. The summed E-state index contributed by atoms with van der Waals surface area (Å²) < 4.78 is 0. The fourth-order valence-corrected chi connectivity index (χ4v) is 1.10. The minimum Gasteiger partial charge on any atom is -0.316 e. The van der Waals surface area contributed by atoms with Crippen molar-refractivity contribution in [1.29, 1.82) is 0 Å². The lowest BCUT2D eigenvalue weighted by molar-refractivity contribution is -0.111. The maximum atomic E-state index is 10.2. The smallest absolute Gasteiger partial charge is 0.122 e. The lowest BCUT2D eigenvalue weighted by atomic mass is 9.92. The topological polar surface area (TPSA) is 29.1 Å². The number of hydrogen-bond donors (Lipinski definition) is 1. The van der Waals surface area contributed by atoms with E-state index in [1.54, 1.807) is 0 Å². The van der Waals surface area contributed by atoms with Gasteiger partial charge < -0.3 is 10.1 Å². The third-order valence-electron chi connectivity index (χ3n) is 1.80. The van der Waals surface area contributed by atoms with Crippen LogP contribution < -0.4 is 5.32 Å². The molecule has 1 N–H and O–H groups in total. The molecule has 0 amide bonds. The molecule has 52 valence electrons. The van der Waals surface area contributed by atoms with E-state index in [2.05, 4.69) is 5.32 Å². The number of hydrogen-bond acceptors (Lipinski definition) is 2. The number of nitrogens with one attached hydrogen (secondary N) is 1. The standard InChI is InChI=1S/C7H13NO/c1-6(5-9)2-7-3-8-4-7/h5-8H,2-4H2,1H3. The number of aldehydes is 1. The van der Waals surface area contributed by atoms with Crippen molar-refractivity contribution in [2.75, 3.05) is 13.1 Å². The van der Waals surface area contributed by atoms with E-state index in [4.69, 9.17) is 0 Å². The van der Waals surface area contributed by atoms with Crippen molar-refractivity contribution >= 4 is 6.29 Å². The van der Waals surface area contributed by atoms with Crippen molar-refractivity contribution in [3.8, 4) is 0 Å². The predicted octanol–water partition coefficient (Wildman–Crippen LogP) is 0.431. The van der Waals surface area contributed by atoms with Crippen molar-refractivity contribution in [2.24, 2.45) is 11.8 Å². The van der Waals surface area contributed by atoms with Crippen molar-refractivity contribution in [2.45, 2.75) is 13.3 Å². The van der Waals surface area contributed by atoms with Gasteiger partial charge in [-0.05, 0) is 25.4 Å². The van der Waals surface area contributed by atoms with E-state index in [9.17, 15) is 4.79 Å². The molecule has 0 saturated carbocycles. The highest BCUT2D eigenvalue weighted by molar-refractivity contribution is 5.52. The minimum atomic E-state index is 0.261. The molecule has 0 aliphatic carbocycles. The predicted molar refractivity (Wildman–Crippen MR) is 36.2 cm³/mol. The summed E-state index contributed by atoms with van der Waals surface area (Å²) >= 11 is 0. The number of carbonyl (C=O) groups is 1. The quantitative estimate of drug-likeness (QED) is 0.557. The molecule has 0 aromatic rings. The van der Waals surface area contributed by atoms with Crippen molar-refractivity contribution in [3.05, 3.63) is 0 Å². The zero-order valence-electron chi connectivity index (χ0n) is 5.76. The zero-order valence-corrected chi connectivity index (χ0v) is 5.76. The molecular weight excluding hydrogens is 114 g/mol. The van der Waals surface area contributed by atoms with Gasteiger partial charge in [-0.15, -0.1) is 0 Å². The molecule has 0 radical (unpaired) electrons. The van der Waals surface area contributed by atoms with E-state index < -0.39 is 0 Å². The van der Waals surface area contributed by atoms with E-state index in [1.807, 2.05) is 6.92 Å². The summed E-state index contributed by atoms with van der Waals surface area (Å²) in [6.45, 7) is 4.20. The summed E-state index contributed by atoms with van der Waals surface area (Å²) in [5, 5.41) is 3.17. The monoisotopic (exact) mass is 127 g/mol. The molecule has 1 aliphatic rings. The number of rotatable bonds is 3. The average Bonchev–Trinajstić information content (AvgIpc) is 1.78. The molecule has 0 bridgehead atoms. The highest BCUT2D eigenvalue weighted by Gasteiger charge is 2.18. The summed E-state index contributed by atoms with van der Waals surface area (Å²) in [4.78, 5) is 10.2. The molecule has 0 aromatic heterocycles. The molecule has 2 nitrogen and oxygen atoms in total. The van der Waals surface area contributed by atoms with Crippen LogP contribution in [0.4, 0.5) is 0 Å². The van der Waals surface area contributed by atoms with Gasteiger partial charge in [0.2, 0.25) is 0 Å². The molecule has 1 heterocycles. The lowest BCUT2D eigenvalue weighted by Gasteiger charge is -2.27. The normalized spacial score (nSPS) is 22.8. The van der Waals surface area contributed by atoms with Crippen LogP contribution in [0, 0.1) is 11.8 Å². The molecule has 1 rings (SSSR count). The molecule has 9 heavy (non-hydrogen) atoms. The molecule has 1 atom stereocenters. The Morgan fingerprint density at radius 1 is 1.78 bits per heavy atom. The second-order valence-corrected chi connectivity index (χ2v) is 2.87. The lowest BCUT2D eigenvalue weighted by Crippen LogP contribution is -2.42. The second kappa shape index (κ2) is 2.97. The van der Waals surface area contributed by atoms with Gasteiger partial charge >= 0.3 is 0 Å². The Bertz CT molecular complexity index is 99.1. The molecule has 0 spiro atoms. The summed E-state index contributed by atoms with van der Waals surface area (Å²) in [7, 11) is 0. The maximum Gasteiger partial charge on any atom is 0.122 e. The van der Waals surface area contributed by atoms with Gasteiger partial charge in [0.05, 0.1) is 0 Å². The molecule has 1 unspecified atom stereocenters. The van der Waals surface area contributed by atoms with Gasteiger partial charge in [0.1, 0.15) is 6.29 Å². The zero-order chi connectivity index (χ0) is 6.69. The third-order valence-corrected chi connectivity index (χ3v) is 1.80. The van der Waals surface area contributed by atoms with Crippen LogP contribution >= 0.6 is 0 Å². The molecular formula is C7H13NO. The first-order chi connectivity index (χ1) is 4.33. The Morgan fingerprint density at radius 3 is 2.78 bits per heavy atom. The first-order valence-corrected chi connectivity index (χ1v) is 3.49. The van der Waals surface area contributed by atoms with Gasteiger partial charge in [0.15, 0.2) is 0 Å². The Morgan fingerprint density at radius 2 is 2.44 bits per heavy atom. The first-order valence-electron chi connectivity index (χ1n) is 3.49. The fourth-order valence-electron chi connectivity index (χ4n) is 1.10. The van der Waals surface area contributed by atoms with Crippen molar-refractivity contribution in [1.82, 2.24) is 5.32 Å². The van der Waals surface area contributed by atoms with Gasteiger partial charge in [-0.2, -0.15) is 0 Å². The second-order valence-electron chi connectivity index (χ2n) is 2.87. The summed E-state index contributed by atoms with van der Waals surface area (Å²) in [5.41, 5.74) is 0. The minimum absolute atomic E-state index is 0.261. The van der Waals surface area contributed by atoms with E-state index >= 15 is 0 Å². The van der Waals surface area contributed by atoms with Crippen LogP contribution in [0.3, 0.4) is 0 Å². The van der Waals surface area contributed by atoms with Gasteiger partial charge in [-0.1, -0.05) is 6.92 Å². The highest BCUT2D eigenvalue weighted by Crippen LogP contribution is 2.13. The van der Waals surface area contributed by atoms with E-state index in [0.717, 1.165) is 31.7 Å². The van der Waals surface area contributed by atoms with Crippen LogP contribution in [0.5, 0.6) is 0 Å². The van der Waals surface area contributed by atoms with E-state index in [1.165, 1.54) is 0 Å². The summed E-state index contributed by atoms with van der Waals surface area (Å²) in [6, 6.07) is 0. The Balaban J connectivity index is 2.08. The van der Waals surface area contributed by atoms with Crippen LogP contribution in [0.15, 0.2) is 0 Å². The molecule has 1 aliphatic heterocycles. The van der Waals surface area contributed by atoms with Gasteiger partial charge in [-0.25, -0.2) is 0 Å². The SMILES string of the molecule is CC(C=O)CC1CNC1. The van der Waals surface area contributed by atoms with Gasteiger partial charge in [0.25, 0.3) is 0 Å². The largest absolute Gasteiger partial charge is 0.316 e. The maximum absolute atomic E-state index is 10.2.